The first kappa shape index (κ1) is 20.5. The lowest BCUT2D eigenvalue weighted by molar-refractivity contribution is 0.102. The minimum Gasteiger partial charge on any atom is -0.388 e. The standard InChI is InChI=1S/C20H14N4O.C2H6O/c21-14-15-6-8-18(9-7-15)23-24-19-12-10-17(11-13-19)22-20(25)16-4-2-1-3-5-16;1-3-2/h1-13H,(H,22,25);1-2H3. The smallest absolute Gasteiger partial charge is 0.255 e. The van der Waals surface area contributed by atoms with Crippen LogP contribution in [0, 0.1) is 11.3 Å². The van der Waals surface area contributed by atoms with Gasteiger partial charge in [0.15, 0.2) is 0 Å². The van der Waals surface area contributed by atoms with Gasteiger partial charge in [0.1, 0.15) is 0 Å². The second kappa shape index (κ2) is 11.0. The van der Waals surface area contributed by atoms with Gasteiger partial charge in [0, 0.05) is 25.5 Å². The van der Waals surface area contributed by atoms with Crippen molar-refractivity contribution in [1.82, 2.24) is 0 Å². The Hall–Kier alpha value is -3.82. The van der Waals surface area contributed by atoms with Gasteiger partial charge in [-0.05, 0) is 60.7 Å². The number of nitrogens with zero attached hydrogens (tertiary/aromatic N) is 3. The summed E-state index contributed by atoms with van der Waals surface area (Å²) in [5.74, 6) is -0.160. The molecule has 3 aromatic carbocycles. The Morgan fingerprint density at radius 3 is 1.86 bits per heavy atom. The highest BCUT2D eigenvalue weighted by molar-refractivity contribution is 6.04. The second-order valence-electron chi connectivity index (χ2n) is 5.63. The molecule has 6 nitrogen and oxygen atoms in total. The van der Waals surface area contributed by atoms with Gasteiger partial charge in [0.2, 0.25) is 0 Å². The minimum absolute atomic E-state index is 0.160. The Bertz CT molecular complexity index is 945. The number of hydrogen-bond acceptors (Lipinski definition) is 5. The van der Waals surface area contributed by atoms with E-state index in [1.54, 1.807) is 74.9 Å². The van der Waals surface area contributed by atoms with Crippen molar-refractivity contribution in [3.8, 4) is 6.07 Å². The summed E-state index contributed by atoms with van der Waals surface area (Å²) in [6, 6.07) is 25.0. The third-order valence-corrected chi connectivity index (χ3v) is 3.44. The first-order valence-corrected chi connectivity index (χ1v) is 8.44. The number of azo groups is 1. The third kappa shape index (κ3) is 6.48. The van der Waals surface area contributed by atoms with E-state index in [-0.39, 0.29) is 5.91 Å². The van der Waals surface area contributed by atoms with Gasteiger partial charge < -0.3 is 10.1 Å². The fourth-order valence-electron chi connectivity index (χ4n) is 2.12. The van der Waals surface area contributed by atoms with E-state index in [0.29, 0.717) is 28.2 Å². The van der Waals surface area contributed by atoms with Crippen molar-refractivity contribution < 1.29 is 9.53 Å². The lowest BCUT2D eigenvalue weighted by Gasteiger charge is -2.05. The SMILES string of the molecule is COC.N#Cc1ccc(N=Nc2ccc(NC(=O)c3ccccc3)cc2)cc1. The highest BCUT2D eigenvalue weighted by Gasteiger charge is 2.04. The quantitative estimate of drug-likeness (QED) is 0.614. The monoisotopic (exact) mass is 372 g/mol. The molecule has 0 spiro atoms. The lowest BCUT2D eigenvalue weighted by atomic mass is 10.2. The average molecular weight is 372 g/mol. The van der Waals surface area contributed by atoms with Gasteiger partial charge in [-0.2, -0.15) is 15.5 Å². The van der Waals surface area contributed by atoms with Crippen LogP contribution in [0.25, 0.3) is 0 Å². The molecular weight excluding hydrogens is 352 g/mol. The molecule has 0 aliphatic carbocycles. The van der Waals surface area contributed by atoms with Crippen LogP contribution in [0.2, 0.25) is 0 Å². The van der Waals surface area contributed by atoms with Crippen LogP contribution in [0.3, 0.4) is 0 Å². The number of nitriles is 1. The van der Waals surface area contributed by atoms with Gasteiger partial charge in [-0.1, -0.05) is 18.2 Å². The van der Waals surface area contributed by atoms with Crippen molar-refractivity contribution in [3.63, 3.8) is 0 Å². The summed E-state index contributed by atoms with van der Waals surface area (Å²) < 4.78 is 4.25. The Morgan fingerprint density at radius 1 is 0.857 bits per heavy atom. The molecule has 3 rings (SSSR count). The molecule has 0 saturated carbocycles. The predicted octanol–water partition coefficient (Wildman–Crippen LogP) is 5.49. The molecule has 3 aromatic rings. The Morgan fingerprint density at radius 2 is 1.36 bits per heavy atom. The Kier molecular flexibility index (Phi) is 8.06. The highest BCUT2D eigenvalue weighted by Crippen LogP contribution is 2.21. The van der Waals surface area contributed by atoms with Crippen LogP contribution in [-0.2, 0) is 4.74 Å². The normalized spacial score (nSPS) is 9.89. The van der Waals surface area contributed by atoms with E-state index in [0.717, 1.165) is 0 Å². The maximum Gasteiger partial charge on any atom is 0.255 e. The largest absolute Gasteiger partial charge is 0.388 e. The zero-order chi connectivity index (χ0) is 20.2. The fraction of sp³-hybridized carbons (Fsp3) is 0.0909. The van der Waals surface area contributed by atoms with E-state index in [2.05, 4.69) is 26.4 Å². The van der Waals surface area contributed by atoms with Crippen molar-refractivity contribution in [2.75, 3.05) is 19.5 Å². The minimum atomic E-state index is -0.160. The third-order valence-electron chi connectivity index (χ3n) is 3.44. The van der Waals surface area contributed by atoms with Crippen LogP contribution in [0.15, 0.2) is 89.1 Å². The van der Waals surface area contributed by atoms with Crippen molar-refractivity contribution in [1.29, 1.82) is 5.26 Å². The van der Waals surface area contributed by atoms with E-state index in [9.17, 15) is 4.79 Å². The van der Waals surface area contributed by atoms with E-state index in [1.807, 2.05) is 18.2 Å². The number of benzene rings is 3. The summed E-state index contributed by atoms with van der Waals surface area (Å²) in [5, 5.41) is 19.9. The molecule has 0 heterocycles. The molecule has 0 aliphatic rings. The van der Waals surface area contributed by atoms with Gasteiger partial charge in [-0.15, -0.1) is 0 Å². The summed E-state index contributed by atoms with van der Waals surface area (Å²) in [7, 11) is 3.25. The highest BCUT2D eigenvalue weighted by atomic mass is 16.4. The van der Waals surface area contributed by atoms with Crippen molar-refractivity contribution in [2.45, 2.75) is 0 Å². The topological polar surface area (TPSA) is 86.8 Å². The van der Waals surface area contributed by atoms with Crippen LogP contribution in [0.5, 0.6) is 0 Å². The fourth-order valence-corrected chi connectivity index (χ4v) is 2.12. The van der Waals surface area contributed by atoms with E-state index >= 15 is 0 Å². The van der Waals surface area contributed by atoms with Crippen LogP contribution < -0.4 is 5.32 Å². The van der Waals surface area contributed by atoms with E-state index in [1.165, 1.54) is 0 Å². The van der Waals surface area contributed by atoms with E-state index in [4.69, 9.17) is 5.26 Å². The molecule has 28 heavy (non-hydrogen) atoms. The van der Waals surface area contributed by atoms with Gasteiger partial charge in [0.05, 0.1) is 23.0 Å². The molecule has 0 saturated heterocycles. The van der Waals surface area contributed by atoms with Crippen molar-refractivity contribution in [3.05, 3.63) is 90.0 Å². The Balaban J connectivity index is 0.000000878. The molecule has 0 aliphatic heterocycles. The maximum absolute atomic E-state index is 12.1. The summed E-state index contributed by atoms with van der Waals surface area (Å²) in [5.41, 5.74) is 3.21. The first-order valence-electron chi connectivity index (χ1n) is 8.44. The number of anilines is 1. The zero-order valence-corrected chi connectivity index (χ0v) is 15.7. The summed E-state index contributed by atoms with van der Waals surface area (Å²) >= 11 is 0. The van der Waals surface area contributed by atoms with Gasteiger partial charge in [-0.25, -0.2) is 0 Å². The number of nitrogens with one attached hydrogen (secondary N) is 1. The van der Waals surface area contributed by atoms with Crippen LogP contribution in [-0.4, -0.2) is 20.1 Å². The molecule has 1 amide bonds. The number of methoxy groups -OCH3 is 1. The summed E-state index contributed by atoms with van der Waals surface area (Å²) in [4.78, 5) is 12.1. The molecule has 0 fully saturated rings. The van der Waals surface area contributed by atoms with Crippen molar-refractivity contribution in [2.24, 2.45) is 10.2 Å². The van der Waals surface area contributed by atoms with Crippen LogP contribution in [0.1, 0.15) is 15.9 Å². The summed E-state index contributed by atoms with van der Waals surface area (Å²) in [6.45, 7) is 0. The molecule has 0 atom stereocenters. The first-order chi connectivity index (χ1) is 13.7. The molecule has 0 aromatic heterocycles. The van der Waals surface area contributed by atoms with Gasteiger partial charge >= 0.3 is 0 Å². The number of ether oxygens (including phenoxy) is 1. The van der Waals surface area contributed by atoms with Crippen molar-refractivity contribution >= 4 is 23.0 Å². The lowest BCUT2D eigenvalue weighted by Crippen LogP contribution is -2.11. The molecule has 1 N–H and O–H groups in total. The summed E-state index contributed by atoms with van der Waals surface area (Å²) in [6.07, 6.45) is 0. The van der Waals surface area contributed by atoms with Crippen LogP contribution >= 0.6 is 0 Å². The molecule has 0 unspecified atom stereocenters. The van der Waals surface area contributed by atoms with Crippen LogP contribution in [0.4, 0.5) is 17.1 Å². The number of carbonyl (C=O) groups excluding carboxylic acids is 1. The zero-order valence-electron chi connectivity index (χ0n) is 15.7. The van der Waals surface area contributed by atoms with E-state index < -0.39 is 0 Å². The molecular formula is C22H20N4O2. The predicted molar refractivity (Wildman–Crippen MR) is 109 cm³/mol. The Labute approximate surface area is 164 Å². The molecule has 6 heteroatoms. The maximum atomic E-state index is 12.1. The number of rotatable bonds is 4. The molecule has 140 valence electrons. The average Bonchev–Trinajstić information content (AvgIpc) is 2.75. The molecule has 0 radical (unpaired) electrons. The number of carbonyl (C=O) groups is 1. The van der Waals surface area contributed by atoms with Gasteiger partial charge in [0.25, 0.3) is 5.91 Å². The van der Waals surface area contributed by atoms with Gasteiger partial charge in [-0.3, -0.25) is 4.79 Å². The number of hydrogen-bond donors (Lipinski definition) is 1. The second-order valence-corrected chi connectivity index (χ2v) is 5.63. The molecule has 0 bridgehead atoms. The number of amides is 1.